The summed E-state index contributed by atoms with van der Waals surface area (Å²) in [6, 6.07) is 6.49. The highest BCUT2D eigenvalue weighted by molar-refractivity contribution is 6.42. The Labute approximate surface area is 200 Å². The van der Waals surface area contributed by atoms with E-state index in [1.165, 1.54) is 36.7 Å². The van der Waals surface area contributed by atoms with Crippen LogP contribution in [0.4, 0.5) is 39.4 Å². The zero-order valence-corrected chi connectivity index (χ0v) is 18.1. The Balaban J connectivity index is 1.59. The van der Waals surface area contributed by atoms with Crippen LogP contribution in [0.1, 0.15) is 11.1 Å². The number of hydrogen-bond donors (Lipinski definition) is 4. The number of carbonyl (C=O) groups excluding carboxylic acids is 2. The van der Waals surface area contributed by atoms with Crippen LogP contribution in [0.2, 0.25) is 0 Å². The number of nitrogens with one attached hydrogen (secondary N) is 3. The Morgan fingerprint density at radius 2 is 1.97 bits per heavy atom. The van der Waals surface area contributed by atoms with E-state index in [9.17, 15) is 37.1 Å². The Hall–Kier alpha value is -4.68. The number of fused-ring (bicyclic) bond motifs is 1. The molecule has 1 aliphatic heterocycles. The van der Waals surface area contributed by atoms with E-state index in [2.05, 4.69) is 20.9 Å². The molecule has 0 aliphatic carbocycles. The van der Waals surface area contributed by atoms with Crippen LogP contribution in [0.3, 0.4) is 0 Å². The smallest absolute Gasteiger partial charge is 0.418 e. The summed E-state index contributed by atoms with van der Waals surface area (Å²) < 4.78 is 56.0. The van der Waals surface area contributed by atoms with Crippen molar-refractivity contribution in [2.24, 2.45) is 4.99 Å². The van der Waals surface area contributed by atoms with Gasteiger partial charge in [0.1, 0.15) is 18.1 Å². The average Bonchev–Trinajstić information content (AvgIpc) is 3.29. The maximum Gasteiger partial charge on any atom is 0.418 e. The molecule has 1 atom stereocenters. The van der Waals surface area contributed by atoms with Crippen LogP contribution in [0, 0.1) is 5.82 Å². The van der Waals surface area contributed by atoms with Gasteiger partial charge in [0.2, 0.25) is 0 Å². The van der Waals surface area contributed by atoms with Crippen molar-refractivity contribution in [2.45, 2.75) is 18.8 Å². The first-order chi connectivity index (χ1) is 17.0. The van der Waals surface area contributed by atoms with Gasteiger partial charge in [0.15, 0.2) is 5.71 Å². The Morgan fingerprint density at radius 3 is 2.64 bits per heavy atom. The summed E-state index contributed by atoms with van der Waals surface area (Å²) in [5.41, 5.74) is -1.50. The number of hydrogen-bond acceptors (Lipinski definition) is 5. The number of amides is 2. The van der Waals surface area contributed by atoms with E-state index in [1.54, 1.807) is 0 Å². The van der Waals surface area contributed by atoms with Crippen LogP contribution in [0.15, 0.2) is 59.9 Å². The number of aromatic nitrogens is 1. The molecular weight excluding hydrogens is 486 g/mol. The molecule has 0 fully saturated rings. The van der Waals surface area contributed by atoms with E-state index < -0.39 is 41.3 Å². The molecular formula is C23H17F4N5O4. The highest BCUT2D eigenvalue weighted by Crippen LogP contribution is 2.41. The first-order valence-corrected chi connectivity index (χ1v) is 10.3. The molecule has 186 valence electrons. The number of nitrogens with zero attached hydrogens (tertiary/aromatic N) is 2. The minimum atomic E-state index is -4.78. The van der Waals surface area contributed by atoms with Gasteiger partial charge in [0, 0.05) is 24.6 Å². The number of carboxylic acids is 1. The second-order valence-electron chi connectivity index (χ2n) is 7.69. The predicted molar refractivity (Wildman–Crippen MR) is 121 cm³/mol. The topological polar surface area (TPSA) is 125 Å². The Morgan fingerprint density at radius 1 is 1.19 bits per heavy atom. The molecule has 0 bridgehead atoms. The van der Waals surface area contributed by atoms with Crippen LogP contribution in [0.5, 0.6) is 0 Å². The molecule has 0 spiro atoms. The van der Waals surface area contributed by atoms with Crippen molar-refractivity contribution in [1.29, 1.82) is 0 Å². The monoisotopic (exact) mass is 503 g/mol. The number of carboxylic acid groups (broad SMARTS) is 1. The zero-order chi connectivity index (χ0) is 26.0. The molecule has 0 radical (unpaired) electrons. The van der Waals surface area contributed by atoms with E-state index in [1.807, 2.05) is 0 Å². The molecule has 1 aliphatic rings. The maximum atomic E-state index is 13.9. The van der Waals surface area contributed by atoms with Crippen LogP contribution >= 0.6 is 0 Å². The number of aliphatic imine (C=N–C) groups is 1. The van der Waals surface area contributed by atoms with Crippen molar-refractivity contribution < 1.29 is 37.1 Å². The van der Waals surface area contributed by atoms with Crippen molar-refractivity contribution in [2.75, 3.05) is 10.6 Å². The van der Waals surface area contributed by atoms with Gasteiger partial charge >= 0.3 is 18.2 Å². The quantitative estimate of drug-likeness (QED) is 0.298. The fourth-order valence-electron chi connectivity index (χ4n) is 3.56. The standard InChI is InChI=1S/C23H17F4N5O4/c24-13-2-1-3-14(6-13)29-22(36)28-9-12-4-5-32(10-12)19-8-17-16(7-15(19)23(25,26)27)30-18(11-33)20(31-17)21(34)35/h1-8,10-11,18,30H,9H2,(H,34,35)(H2,28,29,36). The van der Waals surface area contributed by atoms with Gasteiger partial charge in [-0.05, 0) is 42.0 Å². The fourth-order valence-corrected chi connectivity index (χ4v) is 3.56. The molecule has 1 aromatic heterocycles. The lowest BCUT2D eigenvalue weighted by Crippen LogP contribution is -2.38. The molecule has 2 aromatic carbocycles. The lowest BCUT2D eigenvalue weighted by atomic mass is 10.0. The minimum absolute atomic E-state index is 0.0513. The number of rotatable bonds is 6. The average molecular weight is 503 g/mol. The Bertz CT molecular complexity index is 1380. The van der Waals surface area contributed by atoms with Gasteiger partial charge in [-0.3, -0.25) is 0 Å². The summed E-state index contributed by atoms with van der Waals surface area (Å²) in [5, 5.41) is 16.7. The summed E-state index contributed by atoms with van der Waals surface area (Å²) in [6.45, 7) is -0.0513. The number of benzene rings is 2. The van der Waals surface area contributed by atoms with Gasteiger partial charge < -0.3 is 30.4 Å². The van der Waals surface area contributed by atoms with E-state index in [0.29, 0.717) is 5.56 Å². The number of anilines is 2. The molecule has 4 rings (SSSR count). The van der Waals surface area contributed by atoms with E-state index in [4.69, 9.17) is 0 Å². The molecule has 9 nitrogen and oxygen atoms in total. The van der Waals surface area contributed by atoms with Gasteiger partial charge in [-0.1, -0.05) is 6.07 Å². The van der Waals surface area contributed by atoms with E-state index in [0.717, 1.165) is 22.8 Å². The SMILES string of the molecule is O=CC1Nc2cc(C(F)(F)F)c(-n3ccc(CNC(=O)Nc4cccc(F)c4)c3)cc2N=C1C(=O)O. The summed E-state index contributed by atoms with van der Waals surface area (Å²) in [5.74, 6) is -2.02. The summed E-state index contributed by atoms with van der Waals surface area (Å²) in [6.07, 6.45) is -1.85. The molecule has 0 saturated carbocycles. The number of aldehydes is 1. The zero-order valence-electron chi connectivity index (χ0n) is 18.1. The van der Waals surface area contributed by atoms with Crippen molar-refractivity contribution >= 4 is 41.1 Å². The molecule has 1 unspecified atom stereocenters. The molecule has 4 N–H and O–H groups in total. The predicted octanol–water partition coefficient (Wildman–Crippen LogP) is 4.11. The molecule has 36 heavy (non-hydrogen) atoms. The van der Waals surface area contributed by atoms with Crippen molar-refractivity contribution in [3.8, 4) is 5.69 Å². The largest absolute Gasteiger partial charge is 0.477 e. The maximum absolute atomic E-state index is 13.9. The molecule has 2 amide bonds. The number of carbonyl (C=O) groups is 3. The van der Waals surface area contributed by atoms with E-state index in [-0.39, 0.29) is 35.6 Å². The normalized spacial score (nSPS) is 14.8. The van der Waals surface area contributed by atoms with Gasteiger partial charge in [0.25, 0.3) is 0 Å². The first kappa shape index (κ1) is 24.4. The minimum Gasteiger partial charge on any atom is -0.477 e. The summed E-state index contributed by atoms with van der Waals surface area (Å²) in [7, 11) is 0. The molecule has 2 heterocycles. The van der Waals surface area contributed by atoms with Gasteiger partial charge in [-0.15, -0.1) is 0 Å². The van der Waals surface area contributed by atoms with Crippen LogP contribution in [0.25, 0.3) is 5.69 Å². The first-order valence-electron chi connectivity index (χ1n) is 10.3. The number of alkyl halides is 3. The van der Waals surface area contributed by atoms with E-state index >= 15 is 0 Å². The van der Waals surface area contributed by atoms with Gasteiger partial charge in [-0.2, -0.15) is 13.2 Å². The van der Waals surface area contributed by atoms with Crippen LogP contribution in [-0.2, 0) is 22.3 Å². The van der Waals surface area contributed by atoms with Crippen LogP contribution < -0.4 is 16.0 Å². The highest BCUT2D eigenvalue weighted by Gasteiger charge is 2.37. The summed E-state index contributed by atoms with van der Waals surface area (Å²) in [4.78, 5) is 38.5. The number of halogens is 4. The van der Waals surface area contributed by atoms with Gasteiger partial charge in [-0.25, -0.2) is 19.0 Å². The number of urea groups is 1. The third-order valence-electron chi connectivity index (χ3n) is 5.19. The van der Waals surface area contributed by atoms with Crippen molar-refractivity contribution in [3.05, 3.63) is 71.8 Å². The second kappa shape index (κ2) is 9.52. The second-order valence-corrected chi connectivity index (χ2v) is 7.69. The molecule has 3 aromatic rings. The number of aliphatic carboxylic acids is 1. The van der Waals surface area contributed by atoms with Crippen molar-refractivity contribution in [1.82, 2.24) is 9.88 Å². The summed E-state index contributed by atoms with van der Waals surface area (Å²) >= 11 is 0. The van der Waals surface area contributed by atoms with Crippen molar-refractivity contribution in [3.63, 3.8) is 0 Å². The van der Waals surface area contributed by atoms with Gasteiger partial charge in [0.05, 0.1) is 22.6 Å². The molecule has 13 heteroatoms. The third kappa shape index (κ3) is 5.19. The lowest BCUT2D eigenvalue weighted by Gasteiger charge is -2.24. The fraction of sp³-hybridized carbons (Fsp3) is 0.130. The highest BCUT2D eigenvalue weighted by atomic mass is 19.4. The Kier molecular flexibility index (Phi) is 6.47. The third-order valence-corrected chi connectivity index (χ3v) is 5.19. The molecule has 0 saturated heterocycles. The van der Waals surface area contributed by atoms with Crippen LogP contribution in [-0.4, -0.2) is 39.7 Å². The lowest BCUT2D eigenvalue weighted by molar-refractivity contribution is -0.137.